The number of anilines is 2. The Labute approximate surface area is 166 Å². The number of amides is 1. The fourth-order valence-corrected chi connectivity index (χ4v) is 3.46. The molecule has 0 radical (unpaired) electrons. The number of carbonyl (C=O) groups is 1. The molecule has 0 spiro atoms. The number of hydrogen-bond acceptors (Lipinski definition) is 5. The molecule has 2 aromatic rings. The van der Waals surface area contributed by atoms with Gasteiger partial charge in [-0.3, -0.25) is 9.10 Å². The predicted octanol–water partition coefficient (Wildman–Crippen LogP) is 1.85. The van der Waals surface area contributed by atoms with Crippen LogP contribution in [0.3, 0.4) is 0 Å². The summed E-state index contributed by atoms with van der Waals surface area (Å²) in [5, 5.41) is 2.88. The summed E-state index contributed by atoms with van der Waals surface area (Å²) in [6.45, 7) is 3.65. The lowest BCUT2D eigenvalue weighted by Gasteiger charge is -2.28. The van der Waals surface area contributed by atoms with E-state index in [9.17, 15) is 13.2 Å². The number of rotatable bonds is 6. The largest absolute Gasteiger partial charge is 0.378 e. The lowest BCUT2D eigenvalue weighted by molar-refractivity contribution is 0.0951. The average Bonchev–Trinajstić information content (AvgIpc) is 2.72. The molecule has 1 amide bonds. The molecule has 1 aliphatic rings. The first-order valence-corrected chi connectivity index (χ1v) is 10.9. The van der Waals surface area contributed by atoms with Crippen LogP contribution >= 0.6 is 0 Å². The second kappa shape index (κ2) is 8.62. The van der Waals surface area contributed by atoms with Gasteiger partial charge in [0.2, 0.25) is 10.0 Å². The topological polar surface area (TPSA) is 79.0 Å². The van der Waals surface area contributed by atoms with Crippen LogP contribution < -0.4 is 14.5 Å². The first kappa shape index (κ1) is 20.2. The van der Waals surface area contributed by atoms with E-state index in [4.69, 9.17) is 4.74 Å². The number of hydrogen-bond donors (Lipinski definition) is 1. The number of sulfonamides is 1. The molecule has 150 valence electrons. The van der Waals surface area contributed by atoms with Crippen molar-refractivity contribution in [1.82, 2.24) is 5.32 Å². The van der Waals surface area contributed by atoms with E-state index in [0.29, 0.717) is 17.8 Å². The Balaban J connectivity index is 1.61. The minimum atomic E-state index is -3.38. The van der Waals surface area contributed by atoms with E-state index in [2.05, 4.69) is 22.3 Å². The van der Waals surface area contributed by atoms with Crippen LogP contribution in [0, 0.1) is 0 Å². The summed E-state index contributed by atoms with van der Waals surface area (Å²) in [5.41, 5.74) is 3.01. The van der Waals surface area contributed by atoms with Gasteiger partial charge >= 0.3 is 0 Å². The van der Waals surface area contributed by atoms with Crippen molar-refractivity contribution in [1.29, 1.82) is 0 Å². The van der Waals surface area contributed by atoms with Gasteiger partial charge in [0.05, 0.1) is 25.2 Å². The Morgan fingerprint density at radius 2 is 1.82 bits per heavy atom. The second-order valence-corrected chi connectivity index (χ2v) is 8.74. The Kier molecular flexibility index (Phi) is 6.21. The summed E-state index contributed by atoms with van der Waals surface area (Å²) in [7, 11) is -1.92. The van der Waals surface area contributed by atoms with Gasteiger partial charge in [0.25, 0.3) is 5.91 Å². The van der Waals surface area contributed by atoms with Crippen molar-refractivity contribution in [3.8, 4) is 0 Å². The molecule has 2 aromatic carbocycles. The Morgan fingerprint density at radius 3 is 2.46 bits per heavy atom. The summed E-state index contributed by atoms with van der Waals surface area (Å²) in [5.74, 6) is -0.249. The van der Waals surface area contributed by atoms with Crippen molar-refractivity contribution in [3.05, 3.63) is 59.7 Å². The Bertz CT molecular complexity index is 923. The lowest BCUT2D eigenvalue weighted by Crippen LogP contribution is -2.36. The highest BCUT2D eigenvalue weighted by atomic mass is 32.2. The zero-order chi connectivity index (χ0) is 20.1. The summed E-state index contributed by atoms with van der Waals surface area (Å²) < 4.78 is 29.9. The van der Waals surface area contributed by atoms with E-state index in [1.165, 1.54) is 7.05 Å². The van der Waals surface area contributed by atoms with Gasteiger partial charge in [-0.25, -0.2) is 8.42 Å². The molecule has 1 N–H and O–H groups in total. The zero-order valence-electron chi connectivity index (χ0n) is 16.1. The van der Waals surface area contributed by atoms with Gasteiger partial charge in [-0.2, -0.15) is 0 Å². The molecular weight excluding hydrogens is 378 g/mol. The molecule has 1 saturated heterocycles. The highest BCUT2D eigenvalue weighted by Crippen LogP contribution is 2.18. The highest BCUT2D eigenvalue weighted by Gasteiger charge is 2.14. The molecule has 3 rings (SSSR count). The molecular formula is C20H25N3O4S. The normalized spacial score (nSPS) is 14.6. The molecule has 0 bridgehead atoms. The van der Waals surface area contributed by atoms with Gasteiger partial charge in [0, 0.05) is 37.9 Å². The van der Waals surface area contributed by atoms with Gasteiger partial charge in [0.15, 0.2) is 0 Å². The molecule has 7 nitrogen and oxygen atoms in total. The number of ether oxygens (including phenoxy) is 1. The monoisotopic (exact) mass is 403 g/mol. The van der Waals surface area contributed by atoms with Crippen molar-refractivity contribution in [2.45, 2.75) is 6.54 Å². The van der Waals surface area contributed by atoms with Crippen LogP contribution in [0.15, 0.2) is 48.5 Å². The van der Waals surface area contributed by atoms with Crippen molar-refractivity contribution in [2.75, 3.05) is 48.8 Å². The van der Waals surface area contributed by atoms with Crippen LogP contribution in [-0.2, 0) is 21.3 Å². The lowest BCUT2D eigenvalue weighted by atomic mass is 10.1. The second-order valence-electron chi connectivity index (χ2n) is 6.73. The molecule has 1 aliphatic heterocycles. The maximum absolute atomic E-state index is 12.5. The SMILES string of the molecule is CN(c1cccc(C(=O)NCc2ccc(N3CCOCC3)cc2)c1)S(C)(=O)=O. The van der Waals surface area contributed by atoms with Crippen LogP contribution in [0.4, 0.5) is 11.4 Å². The van der Waals surface area contributed by atoms with Gasteiger partial charge in [-0.15, -0.1) is 0 Å². The summed E-state index contributed by atoms with van der Waals surface area (Å²) in [6, 6.07) is 14.7. The van der Waals surface area contributed by atoms with E-state index in [1.807, 2.05) is 12.1 Å². The maximum atomic E-state index is 12.5. The summed E-state index contributed by atoms with van der Waals surface area (Å²) in [6.07, 6.45) is 1.13. The third kappa shape index (κ3) is 5.02. The standard InChI is InChI=1S/C20H25N3O4S/c1-22(28(2,25)26)19-5-3-4-17(14-19)20(24)21-15-16-6-8-18(9-7-16)23-10-12-27-13-11-23/h3-9,14H,10-13,15H2,1-2H3,(H,21,24). The van der Waals surface area contributed by atoms with E-state index in [0.717, 1.165) is 48.1 Å². The molecule has 1 fully saturated rings. The number of nitrogens with zero attached hydrogens (tertiary/aromatic N) is 2. The molecule has 28 heavy (non-hydrogen) atoms. The minimum absolute atomic E-state index is 0.249. The average molecular weight is 404 g/mol. The van der Waals surface area contributed by atoms with Crippen molar-refractivity contribution in [2.24, 2.45) is 0 Å². The van der Waals surface area contributed by atoms with Crippen LogP contribution in [0.5, 0.6) is 0 Å². The smallest absolute Gasteiger partial charge is 0.251 e. The van der Waals surface area contributed by atoms with Crippen LogP contribution in [0.1, 0.15) is 15.9 Å². The van der Waals surface area contributed by atoms with E-state index < -0.39 is 10.0 Å². The molecule has 0 saturated carbocycles. The van der Waals surface area contributed by atoms with Crippen LogP contribution in [-0.4, -0.2) is 53.9 Å². The van der Waals surface area contributed by atoms with Crippen LogP contribution in [0.25, 0.3) is 0 Å². The van der Waals surface area contributed by atoms with Gasteiger partial charge < -0.3 is 15.0 Å². The maximum Gasteiger partial charge on any atom is 0.251 e. The zero-order valence-corrected chi connectivity index (χ0v) is 16.9. The fourth-order valence-electron chi connectivity index (χ4n) is 2.97. The molecule has 8 heteroatoms. The third-order valence-corrected chi connectivity index (χ3v) is 5.94. The van der Waals surface area contributed by atoms with Gasteiger partial charge in [-0.1, -0.05) is 18.2 Å². The summed E-state index contributed by atoms with van der Waals surface area (Å²) >= 11 is 0. The molecule has 0 unspecified atom stereocenters. The van der Waals surface area contributed by atoms with E-state index in [1.54, 1.807) is 24.3 Å². The molecule has 0 atom stereocenters. The van der Waals surface area contributed by atoms with E-state index >= 15 is 0 Å². The third-order valence-electron chi connectivity index (χ3n) is 4.74. The quantitative estimate of drug-likeness (QED) is 0.796. The van der Waals surface area contributed by atoms with Gasteiger partial charge in [0.1, 0.15) is 0 Å². The van der Waals surface area contributed by atoms with Crippen molar-refractivity contribution in [3.63, 3.8) is 0 Å². The predicted molar refractivity (Wildman–Crippen MR) is 110 cm³/mol. The van der Waals surface area contributed by atoms with Crippen LogP contribution in [0.2, 0.25) is 0 Å². The molecule has 0 aliphatic carbocycles. The number of carbonyl (C=O) groups excluding carboxylic acids is 1. The van der Waals surface area contributed by atoms with Gasteiger partial charge in [-0.05, 0) is 35.9 Å². The number of benzene rings is 2. The van der Waals surface area contributed by atoms with Crippen molar-refractivity contribution >= 4 is 27.3 Å². The fraction of sp³-hybridized carbons (Fsp3) is 0.350. The number of morpholine rings is 1. The van der Waals surface area contributed by atoms with E-state index in [-0.39, 0.29) is 5.91 Å². The minimum Gasteiger partial charge on any atom is -0.378 e. The Hall–Kier alpha value is -2.58. The number of nitrogens with one attached hydrogen (secondary N) is 1. The first-order valence-electron chi connectivity index (χ1n) is 9.08. The van der Waals surface area contributed by atoms with Crippen molar-refractivity contribution < 1.29 is 17.9 Å². The summed E-state index contributed by atoms with van der Waals surface area (Å²) in [4.78, 5) is 14.7. The Morgan fingerprint density at radius 1 is 1.14 bits per heavy atom. The molecule has 0 aromatic heterocycles. The first-order chi connectivity index (χ1) is 13.3. The highest BCUT2D eigenvalue weighted by molar-refractivity contribution is 7.92. The molecule has 1 heterocycles.